The van der Waals surface area contributed by atoms with Crippen molar-refractivity contribution in [1.82, 2.24) is 4.90 Å². The molecular formula is C14H20N2O2. The molecule has 98 valence electrons. The predicted octanol–water partition coefficient (Wildman–Crippen LogP) is 1.74. The molecule has 0 atom stereocenters. The van der Waals surface area contributed by atoms with Gasteiger partial charge in [-0.15, -0.1) is 0 Å². The number of Topliss-reactive ketones (excluding diaryl/α,β-unsaturated/α-hetero) is 1. The first-order valence-electron chi connectivity index (χ1n) is 6.35. The van der Waals surface area contributed by atoms with E-state index >= 15 is 0 Å². The third kappa shape index (κ3) is 2.82. The Morgan fingerprint density at radius 1 is 1.22 bits per heavy atom. The molecule has 0 spiro atoms. The number of phenolic OH excluding ortho intramolecular Hbond substituents is 1. The zero-order valence-corrected chi connectivity index (χ0v) is 11.0. The Morgan fingerprint density at radius 2 is 2.00 bits per heavy atom. The highest BCUT2D eigenvalue weighted by atomic mass is 16.3. The topological polar surface area (TPSA) is 43.8 Å². The fourth-order valence-corrected chi connectivity index (χ4v) is 2.32. The van der Waals surface area contributed by atoms with Crippen LogP contribution in [0.5, 0.6) is 5.75 Å². The highest BCUT2D eigenvalue weighted by Gasteiger charge is 2.14. The average molecular weight is 248 g/mol. The molecule has 2 rings (SSSR count). The Balaban J connectivity index is 2.18. The van der Waals surface area contributed by atoms with Crippen molar-refractivity contribution in [2.45, 2.75) is 13.3 Å². The van der Waals surface area contributed by atoms with Crippen LogP contribution in [0.2, 0.25) is 0 Å². The van der Waals surface area contributed by atoms with E-state index in [-0.39, 0.29) is 11.5 Å². The van der Waals surface area contributed by atoms with E-state index in [9.17, 15) is 9.90 Å². The van der Waals surface area contributed by atoms with Crippen LogP contribution in [-0.2, 0) is 0 Å². The lowest BCUT2D eigenvalue weighted by atomic mass is 10.1. The largest absolute Gasteiger partial charge is 0.507 e. The third-order valence-corrected chi connectivity index (χ3v) is 3.45. The Kier molecular flexibility index (Phi) is 3.87. The summed E-state index contributed by atoms with van der Waals surface area (Å²) in [5.74, 6) is -0.0211. The van der Waals surface area contributed by atoms with Gasteiger partial charge in [-0.1, -0.05) is 0 Å². The molecule has 1 N–H and O–H groups in total. The molecule has 1 aliphatic rings. The van der Waals surface area contributed by atoms with E-state index in [0.717, 1.165) is 38.3 Å². The molecule has 4 nitrogen and oxygen atoms in total. The van der Waals surface area contributed by atoms with E-state index in [2.05, 4.69) is 16.8 Å². The monoisotopic (exact) mass is 248 g/mol. The van der Waals surface area contributed by atoms with Crippen LogP contribution in [0.15, 0.2) is 18.2 Å². The van der Waals surface area contributed by atoms with Crippen LogP contribution in [0.1, 0.15) is 23.7 Å². The molecule has 1 aliphatic heterocycles. The minimum Gasteiger partial charge on any atom is -0.507 e. The van der Waals surface area contributed by atoms with Crippen LogP contribution < -0.4 is 4.90 Å². The van der Waals surface area contributed by atoms with E-state index in [4.69, 9.17) is 0 Å². The van der Waals surface area contributed by atoms with E-state index in [1.54, 1.807) is 12.1 Å². The van der Waals surface area contributed by atoms with Gasteiger partial charge in [-0.05, 0) is 39.1 Å². The van der Waals surface area contributed by atoms with Gasteiger partial charge < -0.3 is 14.9 Å². The van der Waals surface area contributed by atoms with Crippen molar-refractivity contribution in [3.8, 4) is 5.75 Å². The number of nitrogens with zero attached hydrogens (tertiary/aromatic N) is 2. The van der Waals surface area contributed by atoms with Gasteiger partial charge in [0.2, 0.25) is 0 Å². The maximum Gasteiger partial charge on any atom is 0.163 e. The number of phenols is 1. The molecule has 0 aliphatic carbocycles. The second-order valence-corrected chi connectivity index (χ2v) is 4.90. The number of carbonyl (C=O) groups excluding carboxylic acids is 1. The lowest BCUT2D eigenvalue weighted by Gasteiger charge is -2.23. The summed E-state index contributed by atoms with van der Waals surface area (Å²) in [5, 5.41) is 9.86. The van der Waals surface area contributed by atoms with Gasteiger partial charge in [0.1, 0.15) is 5.75 Å². The smallest absolute Gasteiger partial charge is 0.163 e. The first-order chi connectivity index (χ1) is 8.58. The number of carbonyl (C=O) groups is 1. The molecule has 0 unspecified atom stereocenters. The Labute approximate surface area is 108 Å². The number of aromatic hydroxyl groups is 1. The molecule has 0 amide bonds. The molecule has 4 heteroatoms. The molecule has 0 aromatic heterocycles. The van der Waals surface area contributed by atoms with Gasteiger partial charge in [0.25, 0.3) is 0 Å². The number of hydrogen-bond donors (Lipinski definition) is 1. The minimum atomic E-state index is -0.102. The van der Waals surface area contributed by atoms with Crippen LogP contribution in [0.3, 0.4) is 0 Å². The number of benzene rings is 1. The van der Waals surface area contributed by atoms with Crippen molar-refractivity contribution in [2.24, 2.45) is 0 Å². The van der Waals surface area contributed by atoms with Crippen LogP contribution >= 0.6 is 0 Å². The van der Waals surface area contributed by atoms with Crippen molar-refractivity contribution < 1.29 is 9.90 Å². The Bertz CT molecular complexity index is 445. The average Bonchev–Trinajstić information content (AvgIpc) is 2.53. The van der Waals surface area contributed by atoms with Gasteiger partial charge in [-0.25, -0.2) is 0 Å². The quantitative estimate of drug-likeness (QED) is 0.810. The fourth-order valence-electron chi connectivity index (χ4n) is 2.32. The number of anilines is 1. The molecule has 1 aromatic carbocycles. The number of ketones is 1. The van der Waals surface area contributed by atoms with E-state index in [0.29, 0.717) is 5.56 Å². The number of hydrogen-bond acceptors (Lipinski definition) is 4. The van der Waals surface area contributed by atoms with Crippen molar-refractivity contribution in [3.05, 3.63) is 23.8 Å². The number of rotatable bonds is 2. The van der Waals surface area contributed by atoms with Crippen LogP contribution in [0.25, 0.3) is 0 Å². The number of likely N-dealkylation sites (N-methyl/N-ethyl adjacent to an activating group) is 1. The van der Waals surface area contributed by atoms with Crippen molar-refractivity contribution in [1.29, 1.82) is 0 Å². The van der Waals surface area contributed by atoms with E-state index in [1.165, 1.54) is 6.92 Å². The zero-order valence-electron chi connectivity index (χ0n) is 11.0. The first-order valence-corrected chi connectivity index (χ1v) is 6.35. The maximum atomic E-state index is 11.3. The summed E-state index contributed by atoms with van der Waals surface area (Å²) < 4.78 is 0. The van der Waals surface area contributed by atoms with Crippen LogP contribution in [-0.4, -0.2) is 49.0 Å². The SMILES string of the molecule is CC(=O)c1ccc(N2CCCN(C)CC2)cc1O. The zero-order chi connectivity index (χ0) is 13.1. The highest BCUT2D eigenvalue weighted by molar-refractivity contribution is 5.97. The predicted molar refractivity (Wildman–Crippen MR) is 72.4 cm³/mol. The van der Waals surface area contributed by atoms with Crippen molar-refractivity contribution in [2.75, 3.05) is 38.1 Å². The van der Waals surface area contributed by atoms with Gasteiger partial charge in [-0.3, -0.25) is 4.79 Å². The summed E-state index contributed by atoms with van der Waals surface area (Å²) in [6.07, 6.45) is 1.12. The summed E-state index contributed by atoms with van der Waals surface area (Å²) in [5.41, 5.74) is 1.39. The van der Waals surface area contributed by atoms with E-state index in [1.807, 2.05) is 6.07 Å². The van der Waals surface area contributed by atoms with Gasteiger partial charge in [0, 0.05) is 31.4 Å². The van der Waals surface area contributed by atoms with Crippen molar-refractivity contribution >= 4 is 11.5 Å². The lowest BCUT2D eigenvalue weighted by Crippen LogP contribution is -2.28. The molecule has 0 radical (unpaired) electrons. The summed E-state index contributed by atoms with van der Waals surface area (Å²) >= 11 is 0. The molecule has 18 heavy (non-hydrogen) atoms. The molecule has 1 fully saturated rings. The summed E-state index contributed by atoms with van der Waals surface area (Å²) in [6, 6.07) is 5.32. The normalized spacial score (nSPS) is 17.6. The molecular weight excluding hydrogens is 228 g/mol. The first kappa shape index (κ1) is 12.9. The molecule has 1 saturated heterocycles. The summed E-state index contributed by atoms with van der Waals surface area (Å²) in [7, 11) is 2.12. The summed E-state index contributed by atoms with van der Waals surface area (Å²) in [6.45, 7) is 5.54. The fraction of sp³-hybridized carbons (Fsp3) is 0.500. The Hall–Kier alpha value is -1.55. The lowest BCUT2D eigenvalue weighted by molar-refractivity contribution is 0.101. The van der Waals surface area contributed by atoms with Gasteiger partial charge in [0.15, 0.2) is 5.78 Å². The van der Waals surface area contributed by atoms with Gasteiger partial charge >= 0.3 is 0 Å². The van der Waals surface area contributed by atoms with Crippen LogP contribution in [0.4, 0.5) is 5.69 Å². The molecule has 1 aromatic rings. The van der Waals surface area contributed by atoms with Crippen molar-refractivity contribution in [3.63, 3.8) is 0 Å². The molecule has 0 saturated carbocycles. The maximum absolute atomic E-state index is 11.3. The molecule has 0 bridgehead atoms. The Morgan fingerprint density at radius 3 is 2.67 bits per heavy atom. The minimum absolute atomic E-state index is 0.0811. The standard InChI is InChI=1S/C14H20N2O2/c1-11(17)13-5-4-12(10-14(13)18)16-7-3-6-15(2)8-9-16/h4-5,10,18H,3,6-9H2,1-2H3. The van der Waals surface area contributed by atoms with Gasteiger partial charge in [0.05, 0.1) is 5.56 Å². The molecule has 1 heterocycles. The van der Waals surface area contributed by atoms with E-state index < -0.39 is 0 Å². The third-order valence-electron chi connectivity index (χ3n) is 3.45. The highest BCUT2D eigenvalue weighted by Crippen LogP contribution is 2.25. The van der Waals surface area contributed by atoms with Crippen LogP contribution in [0, 0.1) is 0 Å². The van der Waals surface area contributed by atoms with Gasteiger partial charge in [-0.2, -0.15) is 0 Å². The summed E-state index contributed by atoms with van der Waals surface area (Å²) in [4.78, 5) is 15.8. The second kappa shape index (κ2) is 5.40. The second-order valence-electron chi connectivity index (χ2n) is 4.90.